The summed E-state index contributed by atoms with van der Waals surface area (Å²) in [6.45, 7) is 11.3. The number of halogens is 1. The number of hydrogen-bond acceptors (Lipinski definition) is 21. The van der Waals surface area contributed by atoms with E-state index in [4.69, 9.17) is 26.5 Å². The summed E-state index contributed by atoms with van der Waals surface area (Å²) < 4.78 is 87.8. The first-order valence-corrected chi connectivity index (χ1v) is 22.3. The second-order valence-corrected chi connectivity index (χ2v) is 18.2. The van der Waals surface area contributed by atoms with Crippen LogP contribution in [0.1, 0.15) is 0 Å². The van der Waals surface area contributed by atoms with Gasteiger partial charge in [-0.3, -0.25) is 18.5 Å². The van der Waals surface area contributed by atoms with Crippen molar-refractivity contribution in [1.82, 2.24) is 0 Å². The molecule has 0 radical (unpaired) electrons. The molecule has 0 aliphatic carbocycles. The quantitative estimate of drug-likeness (QED) is 0.0467. The number of carbonyl (C=O) groups excluding carboxylic acids is 4. The SMILES string of the molecule is C=CC(=O)Cl.C=CC(=O)OCCP(=O)(O)O.C=CC(=O)OCCP(=O)(OC)OC.C=CC(=O)OCCP(=O)([O-])OP(=O)([O-])[O-].COP(=O)(CCO)OC. The maximum atomic E-state index is 11.4. The molecule has 23 nitrogen and oxygen atoms in total. The molecule has 0 aliphatic heterocycles. The first kappa shape index (κ1) is 60.3. The van der Waals surface area contributed by atoms with E-state index in [-0.39, 0.29) is 32.1 Å². The Kier molecular flexibility index (Phi) is 38.0. The monoisotopic (exact) mass is 889 g/mol. The van der Waals surface area contributed by atoms with Crippen LogP contribution in [0.15, 0.2) is 50.6 Å². The van der Waals surface area contributed by atoms with Crippen molar-refractivity contribution in [2.24, 2.45) is 0 Å². The van der Waals surface area contributed by atoms with Crippen LogP contribution in [-0.2, 0) is 78.6 Å². The minimum atomic E-state index is -5.59. The Balaban J connectivity index is -0.000000187. The molecule has 53 heavy (non-hydrogen) atoms. The van der Waals surface area contributed by atoms with Gasteiger partial charge in [-0.15, -0.1) is 0 Å². The van der Waals surface area contributed by atoms with Gasteiger partial charge in [-0.05, 0) is 17.7 Å². The number of hydrogen-bond donors (Lipinski definition) is 3. The summed E-state index contributed by atoms with van der Waals surface area (Å²) in [6, 6.07) is 0. The van der Waals surface area contributed by atoms with Gasteiger partial charge >= 0.3 is 40.7 Å². The molecular weight excluding hydrogens is 847 g/mol. The number of aliphatic hydroxyl groups is 1. The van der Waals surface area contributed by atoms with E-state index in [9.17, 15) is 56.7 Å². The predicted octanol–water partition coefficient (Wildman–Crippen LogP) is 0.612. The van der Waals surface area contributed by atoms with Crippen LogP contribution in [0.3, 0.4) is 0 Å². The second kappa shape index (κ2) is 33.4. The molecule has 0 saturated carbocycles. The maximum Gasteiger partial charge on any atom is 0.333 e. The molecule has 0 amide bonds. The average molecular weight is 890 g/mol. The highest BCUT2D eigenvalue weighted by molar-refractivity contribution is 7.61. The van der Waals surface area contributed by atoms with E-state index >= 15 is 0 Å². The summed E-state index contributed by atoms with van der Waals surface area (Å²) >= 11 is 4.71. The van der Waals surface area contributed by atoms with E-state index in [1.807, 2.05) is 0 Å². The van der Waals surface area contributed by atoms with E-state index in [0.717, 1.165) is 24.3 Å². The normalized spacial score (nSPS) is 11.9. The fraction of sp³-hybridized carbons (Fsp3) is 0.500. The van der Waals surface area contributed by atoms with Gasteiger partial charge in [-0.25, -0.2) is 14.4 Å². The molecule has 0 aliphatic rings. The number of carbonyl (C=O) groups is 4. The summed E-state index contributed by atoms with van der Waals surface area (Å²) in [5.74, 6) is -2.11. The lowest BCUT2D eigenvalue weighted by Gasteiger charge is -2.35. The molecule has 1 atom stereocenters. The van der Waals surface area contributed by atoms with Gasteiger partial charge in [0.25, 0.3) is 0 Å². The van der Waals surface area contributed by atoms with Crippen LogP contribution in [0.2, 0.25) is 0 Å². The van der Waals surface area contributed by atoms with Gasteiger partial charge in [0.15, 0.2) is 0 Å². The van der Waals surface area contributed by atoms with Crippen LogP contribution in [0.5, 0.6) is 0 Å². The molecule has 0 bridgehead atoms. The molecule has 0 aromatic heterocycles. The van der Waals surface area contributed by atoms with Gasteiger partial charge in [0.2, 0.25) is 5.24 Å². The molecule has 0 fully saturated rings. The van der Waals surface area contributed by atoms with Crippen molar-refractivity contribution in [3.63, 3.8) is 0 Å². The van der Waals surface area contributed by atoms with E-state index in [1.165, 1.54) is 28.4 Å². The summed E-state index contributed by atoms with van der Waals surface area (Å²) in [6.07, 6.45) is 2.54. The fourth-order valence-corrected chi connectivity index (χ4v) is 5.57. The summed E-state index contributed by atoms with van der Waals surface area (Å²) in [5, 5.41) is 7.82. The lowest BCUT2D eigenvalue weighted by Crippen LogP contribution is -2.21. The number of allylic oxidation sites excluding steroid dienone is 1. The third-order valence-electron chi connectivity index (χ3n) is 4.22. The average Bonchev–Trinajstić information content (AvgIpc) is 3.07. The first-order valence-electron chi connectivity index (χ1n) is 13.4. The first-order chi connectivity index (χ1) is 24.1. The molecular formula is C24H43ClO23P5-3. The maximum absolute atomic E-state index is 11.4. The van der Waals surface area contributed by atoms with Crippen LogP contribution in [0, 0.1) is 0 Å². The highest BCUT2D eigenvalue weighted by Gasteiger charge is 2.21. The van der Waals surface area contributed by atoms with Crippen LogP contribution >= 0.6 is 49.8 Å². The van der Waals surface area contributed by atoms with Gasteiger partial charge < -0.3 is 75.3 Å². The number of phosphoric acid groups is 1. The lowest BCUT2D eigenvalue weighted by molar-refractivity contribution is -0.337. The molecule has 0 rings (SSSR count). The highest BCUT2D eigenvalue weighted by atomic mass is 35.5. The summed E-state index contributed by atoms with van der Waals surface area (Å²) in [7, 11) is -15.3. The number of ether oxygens (including phenoxy) is 3. The molecule has 0 saturated heterocycles. The van der Waals surface area contributed by atoms with Crippen LogP contribution in [-0.4, -0.2) is 118 Å². The molecule has 312 valence electrons. The Morgan fingerprint density at radius 3 is 1.13 bits per heavy atom. The van der Waals surface area contributed by atoms with Crippen LogP contribution < -0.4 is 14.7 Å². The number of aliphatic hydroxyl groups excluding tert-OH is 1. The number of esters is 3. The Bertz CT molecular complexity index is 1360. The minimum absolute atomic E-state index is 0.0101. The summed E-state index contributed by atoms with van der Waals surface area (Å²) in [5.41, 5.74) is 0. The van der Waals surface area contributed by atoms with Crippen LogP contribution in [0.25, 0.3) is 0 Å². The van der Waals surface area contributed by atoms with E-state index in [2.05, 4.69) is 62.9 Å². The lowest BCUT2D eigenvalue weighted by atomic mass is 10.6. The fourth-order valence-electron chi connectivity index (χ4n) is 1.79. The molecule has 29 heteroatoms. The Labute approximate surface area is 310 Å². The minimum Gasteiger partial charge on any atom is -0.790 e. The molecule has 0 heterocycles. The van der Waals surface area contributed by atoms with Gasteiger partial charge in [0, 0.05) is 52.8 Å². The zero-order chi connectivity index (χ0) is 43.0. The molecule has 0 aromatic carbocycles. The Hall–Kier alpha value is -1.96. The van der Waals surface area contributed by atoms with Gasteiger partial charge in [0.1, 0.15) is 20.8 Å². The van der Waals surface area contributed by atoms with E-state index in [0.29, 0.717) is 0 Å². The predicted molar refractivity (Wildman–Crippen MR) is 183 cm³/mol. The third-order valence-corrected chi connectivity index (χ3v) is 11.4. The zero-order valence-corrected chi connectivity index (χ0v) is 34.1. The third kappa shape index (κ3) is 48.0. The Morgan fingerprint density at radius 1 is 0.604 bits per heavy atom. The standard InChI is InChI=1S/C7H13O5P.C5H10O8P2.C5H9O5P.C4H11O4P.C3H3ClO/c1-4-7(8)12-5-6-13(9,10-2)11-3;1-2-5(6)12-3-4-14(7,8)13-15(9,10)11;1-2-5(6)10-3-4-11(7,8)9;1-7-9(6,8-2)4-3-5;1-2-3(4)5/h4H,1,5-6H2,2-3H3;2H,1,3-4H2,(H,7,8)(H2,9,10,11);2H,1,3-4H2,(H2,7,8,9);5H,3-4H2,1-2H3;2H,1H2/p-3. The van der Waals surface area contributed by atoms with Gasteiger partial charge in [0.05, 0.1) is 39.5 Å². The molecule has 0 spiro atoms. The topological polar surface area (TPSA) is 357 Å². The van der Waals surface area contributed by atoms with Crippen molar-refractivity contribution in [1.29, 1.82) is 0 Å². The van der Waals surface area contributed by atoms with Crippen molar-refractivity contribution in [2.45, 2.75) is 0 Å². The largest absolute Gasteiger partial charge is 0.790 e. The molecule has 1 unspecified atom stereocenters. The van der Waals surface area contributed by atoms with Crippen molar-refractivity contribution in [2.75, 3.05) is 79.5 Å². The molecule has 3 N–H and O–H groups in total. The second-order valence-electron chi connectivity index (χ2n) is 8.00. The van der Waals surface area contributed by atoms with E-state index < -0.39 is 80.3 Å². The van der Waals surface area contributed by atoms with Crippen molar-refractivity contribution in [3.8, 4) is 0 Å². The molecule has 0 aromatic rings. The van der Waals surface area contributed by atoms with Gasteiger partial charge in [-0.2, -0.15) is 0 Å². The van der Waals surface area contributed by atoms with Crippen molar-refractivity contribution in [3.05, 3.63) is 50.6 Å². The van der Waals surface area contributed by atoms with Crippen molar-refractivity contribution < 1.29 is 108 Å². The highest BCUT2D eigenvalue weighted by Crippen LogP contribution is 2.49. The summed E-state index contributed by atoms with van der Waals surface area (Å²) in [4.78, 5) is 88.0. The number of rotatable bonds is 21. The Morgan fingerprint density at radius 2 is 0.906 bits per heavy atom. The van der Waals surface area contributed by atoms with Crippen LogP contribution in [0.4, 0.5) is 0 Å². The zero-order valence-electron chi connectivity index (χ0n) is 28.9. The van der Waals surface area contributed by atoms with Gasteiger partial charge in [-0.1, -0.05) is 26.3 Å². The van der Waals surface area contributed by atoms with Crippen molar-refractivity contribution >= 4 is 73.0 Å². The van der Waals surface area contributed by atoms with E-state index in [1.54, 1.807) is 0 Å². The smallest absolute Gasteiger partial charge is 0.333 e.